The van der Waals surface area contributed by atoms with Gasteiger partial charge in [-0.3, -0.25) is 9.69 Å². The number of piperidine rings is 1. The van der Waals surface area contributed by atoms with E-state index in [0.29, 0.717) is 24.5 Å². The van der Waals surface area contributed by atoms with E-state index in [1.54, 1.807) is 21.3 Å². The Morgan fingerprint density at radius 1 is 1.07 bits per heavy atom. The molecular weight excluding hydrogens is 438 g/mol. The van der Waals surface area contributed by atoms with Crippen molar-refractivity contribution in [1.82, 2.24) is 4.90 Å². The topological polar surface area (TPSA) is 68.2 Å². The third-order valence-electron chi connectivity index (χ3n) is 5.40. The van der Waals surface area contributed by atoms with E-state index in [-0.39, 0.29) is 12.0 Å². The highest BCUT2D eigenvalue weighted by Crippen LogP contribution is 2.43. The molecule has 1 aliphatic rings. The van der Waals surface area contributed by atoms with Crippen LogP contribution < -0.4 is 14.2 Å². The quantitative estimate of drug-likeness (QED) is 0.657. The van der Waals surface area contributed by atoms with Gasteiger partial charge in [-0.05, 0) is 43.1 Å². The van der Waals surface area contributed by atoms with Crippen LogP contribution in [0.15, 0.2) is 40.9 Å². The molecule has 1 aliphatic heterocycles. The molecule has 1 heterocycles. The average molecular weight is 464 g/mol. The summed E-state index contributed by atoms with van der Waals surface area (Å²) in [6.45, 7) is 1.27. The fourth-order valence-corrected chi connectivity index (χ4v) is 4.51. The van der Waals surface area contributed by atoms with Gasteiger partial charge in [0.2, 0.25) is 0 Å². The predicted octanol–water partition coefficient (Wildman–Crippen LogP) is 4.36. The molecule has 0 aliphatic carbocycles. The lowest BCUT2D eigenvalue weighted by Gasteiger charge is -2.38. The molecule has 0 aromatic heterocycles. The molecule has 29 heavy (non-hydrogen) atoms. The van der Waals surface area contributed by atoms with Crippen molar-refractivity contribution >= 4 is 21.9 Å². The standard InChI is InChI=1S/C22H26BrNO5/c1-27-18-9-5-4-8-15(18)21(24-10-6-7-14(13-24)22(25)26)16-11-19(28-2)20(29-3)12-17(16)23/h4-5,8-9,11-12,14,21H,6-7,10,13H2,1-3H3,(H,25,26). The van der Waals surface area contributed by atoms with Gasteiger partial charge in [-0.25, -0.2) is 0 Å². The fraction of sp³-hybridized carbons (Fsp3) is 0.409. The van der Waals surface area contributed by atoms with Crippen LogP contribution >= 0.6 is 15.9 Å². The number of para-hydroxylation sites is 1. The van der Waals surface area contributed by atoms with Gasteiger partial charge in [0.1, 0.15) is 5.75 Å². The Morgan fingerprint density at radius 2 is 1.72 bits per heavy atom. The molecule has 0 spiro atoms. The molecule has 7 heteroatoms. The van der Waals surface area contributed by atoms with Crippen molar-refractivity contribution in [1.29, 1.82) is 0 Å². The lowest BCUT2D eigenvalue weighted by Crippen LogP contribution is -2.41. The van der Waals surface area contributed by atoms with E-state index in [9.17, 15) is 9.90 Å². The summed E-state index contributed by atoms with van der Waals surface area (Å²) in [6, 6.07) is 11.5. The SMILES string of the molecule is COc1cc(Br)c(C(c2ccccc2OC)N2CCCC(C(=O)O)C2)cc1OC. The molecule has 156 valence electrons. The molecule has 1 saturated heterocycles. The van der Waals surface area contributed by atoms with Gasteiger partial charge in [-0.2, -0.15) is 0 Å². The molecule has 1 fully saturated rings. The highest BCUT2D eigenvalue weighted by molar-refractivity contribution is 9.10. The maximum Gasteiger partial charge on any atom is 0.307 e. The second-order valence-corrected chi connectivity index (χ2v) is 7.90. The van der Waals surface area contributed by atoms with Crippen molar-refractivity contribution in [3.63, 3.8) is 0 Å². The molecule has 0 radical (unpaired) electrons. The summed E-state index contributed by atoms with van der Waals surface area (Å²) in [6.07, 6.45) is 1.52. The highest BCUT2D eigenvalue weighted by Gasteiger charge is 2.34. The van der Waals surface area contributed by atoms with Gasteiger partial charge < -0.3 is 19.3 Å². The van der Waals surface area contributed by atoms with E-state index in [4.69, 9.17) is 14.2 Å². The largest absolute Gasteiger partial charge is 0.496 e. The molecule has 3 rings (SSSR count). The monoisotopic (exact) mass is 463 g/mol. The number of halogens is 1. The minimum absolute atomic E-state index is 0.192. The number of carboxylic acids is 1. The summed E-state index contributed by atoms with van der Waals surface area (Å²) >= 11 is 3.69. The third kappa shape index (κ3) is 4.51. The number of ether oxygens (including phenoxy) is 3. The van der Waals surface area contributed by atoms with Crippen molar-refractivity contribution in [2.24, 2.45) is 5.92 Å². The van der Waals surface area contributed by atoms with E-state index in [1.165, 1.54) is 0 Å². The summed E-state index contributed by atoms with van der Waals surface area (Å²) < 4.78 is 17.5. The van der Waals surface area contributed by atoms with Crippen LogP contribution in [0.2, 0.25) is 0 Å². The van der Waals surface area contributed by atoms with Crippen molar-refractivity contribution in [3.05, 3.63) is 52.0 Å². The first-order valence-corrected chi connectivity index (χ1v) is 10.3. The minimum atomic E-state index is -0.750. The fourth-order valence-electron chi connectivity index (χ4n) is 3.98. The van der Waals surface area contributed by atoms with Crippen molar-refractivity contribution < 1.29 is 24.1 Å². The molecule has 0 amide bonds. The maximum absolute atomic E-state index is 11.7. The van der Waals surface area contributed by atoms with Crippen LogP contribution in [0.5, 0.6) is 17.2 Å². The Bertz CT molecular complexity index is 872. The van der Waals surface area contributed by atoms with Gasteiger partial charge in [0, 0.05) is 16.6 Å². The lowest BCUT2D eigenvalue weighted by molar-refractivity contribution is -0.143. The number of carbonyl (C=O) groups is 1. The van der Waals surface area contributed by atoms with Gasteiger partial charge in [0.15, 0.2) is 11.5 Å². The number of methoxy groups -OCH3 is 3. The molecule has 1 N–H and O–H groups in total. The summed E-state index contributed by atoms with van der Waals surface area (Å²) in [7, 11) is 4.86. The zero-order valence-electron chi connectivity index (χ0n) is 16.9. The number of hydrogen-bond donors (Lipinski definition) is 1. The molecule has 0 saturated carbocycles. The Labute approximate surface area is 179 Å². The molecule has 2 atom stereocenters. The highest BCUT2D eigenvalue weighted by atomic mass is 79.9. The number of nitrogens with zero attached hydrogens (tertiary/aromatic N) is 1. The van der Waals surface area contributed by atoms with E-state index in [1.807, 2.05) is 36.4 Å². The third-order valence-corrected chi connectivity index (χ3v) is 6.08. The molecular formula is C22H26BrNO5. The lowest BCUT2D eigenvalue weighted by atomic mass is 9.91. The van der Waals surface area contributed by atoms with Gasteiger partial charge >= 0.3 is 5.97 Å². The van der Waals surface area contributed by atoms with E-state index >= 15 is 0 Å². The van der Waals surface area contributed by atoms with Crippen LogP contribution in [-0.4, -0.2) is 50.4 Å². The van der Waals surface area contributed by atoms with Crippen LogP contribution in [0.3, 0.4) is 0 Å². The summed E-state index contributed by atoms with van der Waals surface area (Å²) in [5.41, 5.74) is 1.95. The van der Waals surface area contributed by atoms with Gasteiger partial charge in [-0.1, -0.05) is 34.1 Å². The van der Waals surface area contributed by atoms with Crippen LogP contribution in [0.1, 0.15) is 30.0 Å². The smallest absolute Gasteiger partial charge is 0.307 e. The molecule has 2 aromatic rings. The number of benzene rings is 2. The van der Waals surface area contributed by atoms with Crippen molar-refractivity contribution in [3.8, 4) is 17.2 Å². The maximum atomic E-state index is 11.7. The Morgan fingerprint density at radius 3 is 2.38 bits per heavy atom. The summed E-state index contributed by atoms with van der Waals surface area (Å²) in [4.78, 5) is 13.9. The van der Waals surface area contributed by atoms with Crippen LogP contribution in [-0.2, 0) is 4.79 Å². The van der Waals surface area contributed by atoms with Gasteiger partial charge in [0.25, 0.3) is 0 Å². The van der Waals surface area contributed by atoms with Crippen LogP contribution in [0.4, 0.5) is 0 Å². The first kappa shape index (κ1) is 21.5. The molecule has 6 nitrogen and oxygen atoms in total. The number of aliphatic carboxylic acids is 1. The first-order chi connectivity index (χ1) is 14.0. The average Bonchev–Trinajstić information content (AvgIpc) is 2.75. The van der Waals surface area contributed by atoms with Crippen LogP contribution in [0.25, 0.3) is 0 Å². The zero-order chi connectivity index (χ0) is 21.0. The van der Waals surface area contributed by atoms with Crippen LogP contribution in [0, 0.1) is 5.92 Å². The number of carboxylic acid groups (broad SMARTS) is 1. The van der Waals surface area contributed by atoms with Gasteiger partial charge in [0.05, 0.1) is 33.3 Å². The Kier molecular flexibility index (Phi) is 7.03. The second-order valence-electron chi connectivity index (χ2n) is 7.05. The normalized spacial score (nSPS) is 18.1. The number of rotatable bonds is 7. The Hall–Kier alpha value is -2.25. The summed E-state index contributed by atoms with van der Waals surface area (Å²) in [5.74, 6) is 0.873. The van der Waals surface area contributed by atoms with E-state index < -0.39 is 5.97 Å². The zero-order valence-corrected chi connectivity index (χ0v) is 18.4. The number of hydrogen-bond acceptors (Lipinski definition) is 5. The molecule has 2 aromatic carbocycles. The molecule has 2 unspecified atom stereocenters. The van der Waals surface area contributed by atoms with E-state index in [0.717, 1.165) is 34.3 Å². The number of likely N-dealkylation sites (tertiary alicyclic amines) is 1. The first-order valence-electron chi connectivity index (χ1n) is 9.51. The van der Waals surface area contributed by atoms with Crippen molar-refractivity contribution in [2.75, 3.05) is 34.4 Å². The van der Waals surface area contributed by atoms with E-state index in [2.05, 4.69) is 20.8 Å². The second kappa shape index (κ2) is 9.50. The van der Waals surface area contributed by atoms with Gasteiger partial charge in [-0.15, -0.1) is 0 Å². The molecule has 0 bridgehead atoms. The Balaban J connectivity index is 2.15. The predicted molar refractivity (Wildman–Crippen MR) is 114 cm³/mol. The summed E-state index contributed by atoms with van der Waals surface area (Å²) in [5, 5.41) is 9.59. The van der Waals surface area contributed by atoms with Crippen molar-refractivity contribution in [2.45, 2.75) is 18.9 Å². The minimum Gasteiger partial charge on any atom is -0.496 e.